The Morgan fingerprint density at radius 3 is 2.54 bits per heavy atom. The van der Waals surface area contributed by atoms with E-state index in [1.165, 1.54) is 12.8 Å². The molecule has 1 aliphatic heterocycles. The van der Waals surface area contributed by atoms with Gasteiger partial charge in [0.25, 0.3) is 0 Å². The van der Waals surface area contributed by atoms with Gasteiger partial charge in [0.2, 0.25) is 5.91 Å². The summed E-state index contributed by atoms with van der Waals surface area (Å²) < 4.78 is 0. The van der Waals surface area contributed by atoms with Crippen LogP contribution in [-0.4, -0.2) is 36.5 Å². The molecule has 1 saturated carbocycles. The molecule has 0 aromatic heterocycles. The van der Waals surface area contributed by atoms with E-state index in [9.17, 15) is 4.79 Å². The van der Waals surface area contributed by atoms with Gasteiger partial charge in [0.15, 0.2) is 0 Å². The van der Waals surface area contributed by atoms with Crippen molar-refractivity contribution in [3.05, 3.63) is 0 Å². The number of nitrogens with zero attached hydrogens (tertiary/aromatic N) is 1. The third-order valence-electron chi connectivity index (χ3n) is 3.02. The Hall–Kier alpha value is -0.570. The number of nitrogens with one attached hydrogen (secondary N) is 1. The van der Waals surface area contributed by atoms with E-state index in [0.717, 1.165) is 32.0 Å². The molecular weight excluding hydrogens is 164 g/mol. The quantitative estimate of drug-likeness (QED) is 0.691. The number of amides is 1. The molecule has 0 aromatic carbocycles. The van der Waals surface area contributed by atoms with Crippen molar-refractivity contribution in [2.24, 2.45) is 5.92 Å². The van der Waals surface area contributed by atoms with Gasteiger partial charge in [0.1, 0.15) is 0 Å². The molecule has 2 fully saturated rings. The van der Waals surface area contributed by atoms with Crippen molar-refractivity contribution >= 4 is 5.91 Å². The van der Waals surface area contributed by atoms with E-state index in [2.05, 4.69) is 12.2 Å². The van der Waals surface area contributed by atoms with Crippen LogP contribution in [0, 0.1) is 5.92 Å². The molecular formula is C10H18N2O. The van der Waals surface area contributed by atoms with Gasteiger partial charge in [-0.25, -0.2) is 0 Å². The number of carbonyl (C=O) groups is 1. The fraction of sp³-hybridized carbons (Fsp3) is 0.900. The lowest BCUT2D eigenvalue weighted by molar-refractivity contribution is -0.134. The third-order valence-corrected chi connectivity index (χ3v) is 3.02. The number of rotatable bonds is 4. The molecule has 1 N–H and O–H groups in total. The van der Waals surface area contributed by atoms with Crippen molar-refractivity contribution in [1.82, 2.24) is 10.2 Å². The van der Waals surface area contributed by atoms with Crippen molar-refractivity contribution in [2.75, 3.05) is 19.6 Å². The Morgan fingerprint density at radius 1 is 1.46 bits per heavy atom. The van der Waals surface area contributed by atoms with E-state index in [1.807, 2.05) is 4.90 Å². The fourth-order valence-electron chi connectivity index (χ4n) is 1.82. The van der Waals surface area contributed by atoms with Crippen molar-refractivity contribution < 1.29 is 4.79 Å². The number of hydrogen-bond acceptors (Lipinski definition) is 2. The van der Waals surface area contributed by atoms with Gasteiger partial charge in [0.05, 0.1) is 6.04 Å². The normalized spacial score (nSPS) is 22.5. The van der Waals surface area contributed by atoms with Crippen molar-refractivity contribution in [3.63, 3.8) is 0 Å². The van der Waals surface area contributed by atoms with Gasteiger partial charge < -0.3 is 10.2 Å². The highest BCUT2D eigenvalue weighted by atomic mass is 16.2. The van der Waals surface area contributed by atoms with Crippen molar-refractivity contribution in [3.8, 4) is 0 Å². The number of likely N-dealkylation sites (N-methyl/N-ethyl adjacent to an activating group) is 1. The number of carbonyl (C=O) groups excluding carboxylic acids is 1. The van der Waals surface area contributed by atoms with Crippen LogP contribution in [0.1, 0.15) is 26.2 Å². The minimum Gasteiger partial charge on any atom is -0.337 e. The molecule has 1 heterocycles. The first-order valence-corrected chi connectivity index (χ1v) is 5.31. The van der Waals surface area contributed by atoms with Crippen molar-refractivity contribution in [1.29, 1.82) is 0 Å². The van der Waals surface area contributed by atoms with E-state index in [0.29, 0.717) is 11.9 Å². The van der Waals surface area contributed by atoms with Crippen LogP contribution in [0.4, 0.5) is 0 Å². The minimum absolute atomic E-state index is 0.372. The summed E-state index contributed by atoms with van der Waals surface area (Å²) in [5.74, 6) is 1.09. The van der Waals surface area contributed by atoms with Gasteiger partial charge in [-0.15, -0.1) is 0 Å². The average Bonchev–Trinajstić information content (AvgIpc) is 2.79. The van der Waals surface area contributed by atoms with Crippen LogP contribution in [0.25, 0.3) is 0 Å². The lowest BCUT2D eigenvalue weighted by Crippen LogP contribution is -2.58. The summed E-state index contributed by atoms with van der Waals surface area (Å²) in [6, 6.07) is 0.483. The highest BCUT2D eigenvalue weighted by Gasteiger charge is 2.31. The van der Waals surface area contributed by atoms with Crippen LogP contribution in [0.5, 0.6) is 0 Å². The van der Waals surface area contributed by atoms with Gasteiger partial charge in [-0.2, -0.15) is 0 Å². The molecule has 0 aromatic rings. The Labute approximate surface area is 79.5 Å². The maximum absolute atomic E-state index is 11.8. The highest BCUT2D eigenvalue weighted by molar-refractivity contribution is 5.77. The van der Waals surface area contributed by atoms with E-state index >= 15 is 0 Å². The molecule has 0 radical (unpaired) electrons. The summed E-state index contributed by atoms with van der Waals surface area (Å²) in [4.78, 5) is 13.8. The molecule has 3 heteroatoms. The van der Waals surface area contributed by atoms with Crippen molar-refractivity contribution in [2.45, 2.75) is 32.2 Å². The summed E-state index contributed by atoms with van der Waals surface area (Å²) in [5, 5.41) is 3.21. The fourth-order valence-corrected chi connectivity index (χ4v) is 1.82. The largest absolute Gasteiger partial charge is 0.337 e. The second kappa shape index (κ2) is 3.66. The summed E-state index contributed by atoms with van der Waals surface area (Å²) in [6.45, 7) is 4.93. The third kappa shape index (κ3) is 2.02. The zero-order valence-corrected chi connectivity index (χ0v) is 8.25. The van der Waals surface area contributed by atoms with Crippen LogP contribution >= 0.6 is 0 Å². The smallest absolute Gasteiger partial charge is 0.223 e. The minimum atomic E-state index is 0.372. The van der Waals surface area contributed by atoms with Crippen LogP contribution in [0.2, 0.25) is 0 Å². The number of hydrogen-bond donors (Lipinski definition) is 1. The average molecular weight is 182 g/mol. The molecule has 1 amide bonds. The molecule has 74 valence electrons. The van der Waals surface area contributed by atoms with Gasteiger partial charge in [0, 0.05) is 26.1 Å². The van der Waals surface area contributed by atoms with Crippen LogP contribution in [0.3, 0.4) is 0 Å². The van der Waals surface area contributed by atoms with E-state index in [4.69, 9.17) is 0 Å². The lowest BCUT2D eigenvalue weighted by Gasteiger charge is -2.37. The maximum Gasteiger partial charge on any atom is 0.223 e. The first-order chi connectivity index (χ1) is 6.31. The maximum atomic E-state index is 11.8. The van der Waals surface area contributed by atoms with Gasteiger partial charge in [-0.1, -0.05) is 0 Å². The molecule has 0 atom stereocenters. The molecule has 2 aliphatic rings. The molecule has 1 saturated heterocycles. The van der Waals surface area contributed by atoms with Gasteiger partial charge >= 0.3 is 0 Å². The first-order valence-electron chi connectivity index (χ1n) is 5.31. The predicted octanol–water partition coefficient (Wildman–Crippen LogP) is 0.607. The first kappa shape index (κ1) is 9.00. The van der Waals surface area contributed by atoms with Gasteiger partial charge in [-0.3, -0.25) is 4.79 Å². The van der Waals surface area contributed by atoms with Gasteiger partial charge in [-0.05, 0) is 25.7 Å². The monoisotopic (exact) mass is 182 g/mol. The Kier molecular flexibility index (Phi) is 2.54. The molecule has 1 aliphatic carbocycles. The summed E-state index contributed by atoms with van der Waals surface area (Å²) >= 11 is 0. The highest BCUT2D eigenvalue weighted by Crippen LogP contribution is 2.33. The lowest BCUT2D eigenvalue weighted by atomic mass is 10.1. The van der Waals surface area contributed by atoms with E-state index in [-0.39, 0.29) is 0 Å². The molecule has 0 bridgehead atoms. The molecule has 0 spiro atoms. The van der Waals surface area contributed by atoms with Crippen LogP contribution in [0.15, 0.2) is 0 Å². The standard InChI is InChI=1S/C10H18N2O/c1-2-12(9-6-11-7-9)10(13)5-8-3-4-8/h8-9,11H,2-7H2,1H3. The predicted molar refractivity (Wildman–Crippen MR) is 51.4 cm³/mol. The Bertz CT molecular complexity index is 197. The van der Waals surface area contributed by atoms with Crippen LogP contribution in [-0.2, 0) is 4.79 Å². The molecule has 13 heavy (non-hydrogen) atoms. The summed E-state index contributed by atoms with van der Waals surface area (Å²) in [7, 11) is 0. The SMILES string of the molecule is CCN(C(=O)CC1CC1)C1CNC1. The van der Waals surface area contributed by atoms with E-state index in [1.54, 1.807) is 0 Å². The van der Waals surface area contributed by atoms with E-state index < -0.39 is 0 Å². The topological polar surface area (TPSA) is 32.3 Å². The summed E-state index contributed by atoms with van der Waals surface area (Å²) in [5.41, 5.74) is 0. The second-order valence-corrected chi connectivity index (χ2v) is 4.14. The Morgan fingerprint density at radius 2 is 2.15 bits per heavy atom. The summed E-state index contributed by atoms with van der Waals surface area (Å²) in [6.07, 6.45) is 3.34. The molecule has 3 nitrogen and oxygen atoms in total. The Balaban J connectivity index is 1.82. The van der Waals surface area contributed by atoms with Crippen LogP contribution < -0.4 is 5.32 Å². The molecule has 2 rings (SSSR count). The zero-order chi connectivity index (χ0) is 9.26. The second-order valence-electron chi connectivity index (χ2n) is 4.14. The molecule has 0 unspecified atom stereocenters. The zero-order valence-electron chi connectivity index (χ0n) is 8.25.